The maximum absolute atomic E-state index is 12.7. The lowest BCUT2D eigenvalue weighted by Gasteiger charge is -2.15. The van der Waals surface area contributed by atoms with Crippen LogP contribution in [0.4, 0.5) is 23.1 Å². The number of ether oxygens (including phenoxy) is 1. The second-order valence-electron chi connectivity index (χ2n) is 6.95. The average Bonchev–Trinajstić information content (AvgIpc) is 3.37. The van der Waals surface area contributed by atoms with Gasteiger partial charge in [0.05, 0.1) is 24.6 Å². The highest BCUT2D eigenvalue weighted by molar-refractivity contribution is 5.98. The van der Waals surface area contributed by atoms with E-state index in [9.17, 15) is 4.79 Å². The molecule has 0 bridgehead atoms. The minimum atomic E-state index is -2.72. The number of nitrogens with zero attached hydrogens (tertiary/aromatic N) is 8. The lowest BCUT2D eigenvalue weighted by atomic mass is 10.2. The van der Waals surface area contributed by atoms with E-state index in [1.807, 2.05) is 12.2 Å². The summed E-state index contributed by atoms with van der Waals surface area (Å²) in [5.74, 6) is 0.373. The highest BCUT2D eigenvalue weighted by atomic mass is 16.5. The minimum absolute atomic E-state index is 0.129. The van der Waals surface area contributed by atoms with Gasteiger partial charge >= 0.3 is 0 Å². The van der Waals surface area contributed by atoms with Crippen molar-refractivity contribution < 1.29 is 13.6 Å². The summed E-state index contributed by atoms with van der Waals surface area (Å²) in [7, 11) is 4.95. The van der Waals surface area contributed by atoms with E-state index in [1.54, 1.807) is 37.1 Å². The molecule has 0 saturated heterocycles. The molecule has 170 valence electrons. The SMILES string of the molecule is [2H]C([2H])([2H])NC(=O)c1nnc(Nc2cc(C)n(C)n2)cc1Nc1nccc(-c2cnn(C)n2)c1OC. The molecular formula is C20H23N11O2. The highest BCUT2D eigenvalue weighted by Crippen LogP contribution is 2.36. The molecule has 4 aromatic heterocycles. The molecule has 13 nitrogen and oxygen atoms in total. The molecule has 0 saturated carbocycles. The van der Waals surface area contributed by atoms with Crippen molar-refractivity contribution in [2.75, 3.05) is 24.7 Å². The molecule has 0 atom stereocenters. The molecule has 0 aromatic carbocycles. The third-order valence-electron chi connectivity index (χ3n) is 4.73. The molecule has 0 spiro atoms. The second-order valence-corrected chi connectivity index (χ2v) is 6.95. The third kappa shape index (κ3) is 4.42. The molecule has 4 heterocycles. The van der Waals surface area contributed by atoms with Crippen LogP contribution in [-0.4, -0.2) is 59.9 Å². The largest absolute Gasteiger partial charge is 0.492 e. The fourth-order valence-corrected chi connectivity index (χ4v) is 3.07. The van der Waals surface area contributed by atoms with Crippen LogP contribution in [0.25, 0.3) is 11.3 Å². The van der Waals surface area contributed by atoms with Crippen molar-refractivity contribution in [1.29, 1.82) is 0 Å². The Balaban J connectivity index is 1.75. The number of pyridine rings is 1. The van der Waals surface area contributed by atoms with Crippen LogP contribution in [0.15, 0.2) is 30.6 Å². The van der Waals surface area contributed by atoms with Crippen LogP contribution < -0.4 is 20.7 Å². The zero-order valence-corrected chi connectivity index (χ0v) is 18.3. The number of hydrogen-bond donors (Lipinski definition) is 3. The van der Waals surface area contributed by atoms with E-state index in [0.717, 1.165) is 5.69 Å². The van der Waals surface area contributed by atoms with E-state index >= 15 is 0 Å². The van der Waals surface area contributed by atoms with E-state index in [4.69, 9.17) is 8.85 Å². The Labute approximate surface area is 193 Å². The minimum Gasteiger partial charge on any atom is -0.492 e. The molecule has 13 heteroatoms. The standard InChI is InChI=1S/C20H23N11O2/c1-11-8-16(29-30(11)3)25-15-9-13(17(27-26-15)20(32)21-2)24-19-18(33-5)12(6-7-22-19)14-10-23-31(4)28-14/h6-10H,1-5H3,(H,21,32)(H2,22,24,25,26,29)/i2D3. The first kappa shape index (κ1) is 18.1. The van der Waals surface area contributed by atoms with Crippen LogP contribution in [0.2, 0.25) is 0 Å². The van der Waals surface area contributed by atoms with Crippen molar-refractivity contribution in [3.63, 3.8) is 0 Å². The number of nitrogens with one attached hydrogen (secondary N) is 3. The number of rotatable bonds is 7. The van der Waals surface area contributed by atoms with Crippen molar-refractivity contribution in [1.82, 2.24) is 45.3 Å². The number of carbonyl (C=O) groups excluding carboxylic acids is 1. The summed E-state index contributed by atoms with van der Waals surface area (Å²) in [6, 6.07) is 5.00. The van der Waals surface area contributed by atoms with Crippen LogP contribution in [0, 0.1) is 6.92 Å². The number of anilines is 4. The summed E-state index contributed by atoms with van der Waals surface area (Å²) >= 11 is 0. The Hall–Kier alpha value is -4.55. The van der Waals surface area contributed by atoms with E-state index in [2.05, 4.69) is 41.1 Å². The summed E-state index contributed by atoms with van der Waals surface area (Å²) in [4.78, 5) is 18.4. The maximum Gasteiger partial charge on any atom is 0.273 e. The quantitative estimate of drug-likeness (QED) is 0.377. The van der Waals surface area contributed by atoms with Crippen molar-refractivity contribution in [2.24, 2.45) is 14.1 Å². The van der Waals surface area contributed by atoms with Crippen molar-refractivity contribution in [2.45, 2.75) is 6.92 Å². The molecule has 33 heavy (non-hydrogen) atoms. The normalized spacial score (nSPS) is 12.4. The molecule has 1 amide bonds. The van der Waals surface area contributed by atoms with E-state index in [-0.39, 0.29) is 23.0 Å². The second kappa shape index (κ2) is 8.90. The summed E-state index contributed by atoms with van der Waals surface area (Å²) in [6.07, 6.45) is 3.10. The number of aryl methyl sites for hydroxylation is 3. The summed E-state index contributed by atoms with van der Waals surface area (Å²) in [6.45, 7) is -0.832. The molecule has 0 aliphatic rings. The molecule has 0 fully saturated rings. The van der Waals surface area contributed by atoms with Crippen LogP contribution in [-0.2, 0) is 14.1 Å². The van der Waals surface area contributed by atoms with Crippen molar-refractivity contribution >= 4 is 29.0 Å². The first-order valence-corrected chi connectivity index (χ1v) is 9.68. The Morgan fingerprint density at radius 2 is 2.00 bits per heavy atom. The molecule has 0 radical (unpaired) electrons. The van der Waals surface area contributed by atoms with Gasteiger partial charge in [-0.05, 0) is 13.0 Å². The zero-order chi connectivity index (χ0) is 26.0. The number of carbonyl (C=O) groups is 1. The van der Waals surface area contributed by atoms with Gasteiger partial charge in [0, 0.05) is 49.2 Å². The fraction of sp³-hybridized carbons (Fsp3) is 0.250. The summed E-state index contributed by atoms with van der Waals surface area (Å²) < 4.78 is 29.4. The van der Waals surface area contributed by atoms with Gasteiger partial charge in [0.2, 0.25) is 0 Å². The Morgan fingerprint density at radius 1 is 1.15 bits per heavy atom. The van der Waals surface area contributed by atoms with Gasteiger partial charge in [0.15, 0.2) is 28.9 Å². The lowest BCUT2D eigenvalue weighted by molar-refractivity contribution is 0.0958. The Morgan fingerprint density at radius 3 is 2.67 bits per heavy atom. The molecule has 3 N–H and O–H groups in total. The zero-order valence-electron chi connectivity index (χ0n) is 21.3. The Kier molecular flexibility index (Phi) is 4.87. The lowest BCUT2D eigenvalue weighted by Crippen LogP contribution is -2.21. The summed E-state index contributed by atoms with van der Waals surface area (Å²) in [5.41, 5.74) is 1.92. The monoisotopic (exact) mass is 452 g/mol. The van der Waals surface area contributed by atoms with Gasteiger partial charge in [-0.2, -0.15) is 20.1 Å². The van der Waals surface area contributed by atoms with E-state index < -0.39 is 12.9 Å². The van der Waals surface area contributed by atoms with Crippen LogP contribution in [0.5, 0.6) is 5.75 Å². The first-order chi connectivity index (χ1) is 17.0. The van der Waals surface area contributed by atoms with Crippen LogP contribution in [0.3, 0.4) is 0 Å². The molecule has 0 aliphatic heterocycles. The molecule has 4 rings (SSSR count). The average molecular weight is 452 g/mol. The highest BCUT2D eigenvalue weighted by Gasteiger charge is 2.20. The summed E-state index contributed by atoms with van der Waals surface area (Å²) in [5, 5.41) is 28.6. The fourth-order valence-electron chi connectivity index (χ4n) is 3.07. The molecular weight excluding hydrogens is 426 g/mol. The number of methoxy groups -OCH3 is 1. The third-order valence-corrected chi connectivity index (χ3v) is 4.73. The van der Waals surface area contributed by atoms with E-state index in [0.29, 0.717) is 22.8 Å². The smallest absolute Gasteiger partial charge is 0.273 e. The van der Waals surface area contributed by atoms with Gasteiger partial charge in [-0.25, -0.2) is 4.98 Å². The maximum atomic E-state index is 12.7. The van der Waals surface area contributed by atoms with Crippen LogP contribution in [0.1, 0.15) is 20.3 Å². The predicted octanol–water partition coefficient (Wildman–Crippen LogP) is 1.56. The van der Waals surface area contributed by atoms with Crippen molar-refractivity contribution in [3.05, 3.63) is 42.0 Å². The van der Waals surface area contributed by atoms with E-state index in [1.165, 1.54) is 24.2 Å². The van der Waals surface area contributed by atoms with Gasteiger partial charge in [-0.15, -0.1) is 10.2 Å². The van der Waals surface area contributed by atoms with Gasteiger partial charge in [0.1, 0.15) is 5.69 Å². The molecule has 0 aliphatic carbocycles. The van der Waals surface area contributed by atoms with Gasteiger partial charge in [-0.1, -0.05) is 0 Å². The molecule has 0 unspecified atom stereocenters. The van der Waals surface area contributed by atoms with Crippen molar-refractivity contribution in [3.8, 4) is 17.0 Å². The topological polar surface area (TPSA) is 150 Å². The van der Waals surface area contributed by atoms with Crippen LogP contribution >= 0.6 is 0 Å². The van der Waals surface area contributed by atoms with Gasteiger partial charge in [0.25, 0.3) is 5.91 Å². The number of amides is 1. The Bertz CT molecular complexity index is 1390. The number of aromatic nitrogens is 8. The molecule has 4 aromatic rings. The van der Waals surface area contributed by atoms with Gasteiger partial charge < -0.3 is 20.7 Å². The van der Waals surface area contributed by atoms with Gasteiger partial charge in [-0.3, -0.25) is 9.48 Å². The number of hydrogen-bond acceptors (Lipinski definition) is 10. The first-order valence-electron chi connectivity index (χ1n) is 11.2. The predicted molar refractivity (Wildman–Crippen MR) is 121 cm³/mol.